The van der Waals surface area contributed by atoms with Gasteiger partial charge in [-0.3, -0.25) is 0 Å². The van der Waals surface area contributed by atoms with E-state index < -0.39 is 17.6 Å². The van der Waals surface area contributed by atoms with Crippen LogP contribution in [0.15, 0.2) is 30.7 Å². The summed E-state index contributed by atoms with van der Waals surface area (Å²) in [5, 5.41) is 17.2. The van der Waals surface area contributed by atoms with Gasteiger partial charge in [-0.1, -0.05) is 23.2 Å². The summed E-state index contributed by atoms with van der Waals surface area (Å²) in [6.45, 7) is 1.44. The zero-order valence-electron chi connectivity index (χ0n) is 20.8. The summed E-state index contributed by atoms with van der Waals surface area (Å²) in [7, 11) is 1.95. The fraction of sp³-hybridized carbons (Fsp3) is 0.391. The average Bonchev–Trinajstić information content (AvgIpc) is 3.17. The molecule has 1 saturated heterocycles. The maximum absolute atomic E-state index is 14.2. The average molecular weight is 597 g/mol. The molecule has 17 heteroatoms. The molecular weight excluding hydrogens is 576 g/mol. The van der Waals surface area contributed by atoms with Gasteiger partial charge in [0.2, 0.25) is 5.88 Å². The summed E-state index contributed by atoms with van der Waals surface area (Å²) in [4.78, 5) is 25.0. The molecule has 4 aromatic rings. The van der Waals surface area contributed by atoms with Gasteiger partial charge in [0.25, 0.3) is 0 Å². The van der Waals surface area contributed by atoms with Crippen LogP contribution in [0.1, 0.15) is 25.0 Å². The number of aromatic nitrogens is 7. The van der Waals surface area contributed by atoms with E-state index in [9.17, 15) is 18.0 Å². The van der Waals surface area contributed by atoms with Crippen LogP contribution in [0, 0.1) is 0 Å². The highest BCUT2D eigenvalue weighted by Crippen LogP contribution is 2.60. The zero-order chi connectivity index (χ0) is 28.2. The number of anilines is 2. The topological polar surface area (TPSA) is 127 Å². The van der Waals surface area contributed by atoms with Gasteiger partial charge < -0.3 is 20.3 Å². The number of carbonyl (C=O) groups is 1. The molecule has 2 N–H and O–H groups in total. The first-order valence-electron chi connectivity index (χ1n) is 12.2. The van der Waals surface area contributed by atoms with Gasteiger partial charge in [0.1, 0.15) is 17.2 Å². The third-order valence-electron chi connectivity index (χ3n) is 6.85. The summed E-state index contributed by atoms with van der Waals surface area (Å²) in [6, 6.07) is 1.89. The molecule has 2 amide bonds. The molecule has 0 radical (unpaired) electrons. The number of alkyl halides is 3. The van der Waals surface area contributed by atoms with E-state index in [1.54, 1.807) is 0 Å². The molecule has 0 aromatic carbocycles. The van der Waals surface area contributed by atoms with Crippen LogP contribution >= 0.6 is 23.2 Å². The lowest BCUT2D eigenvalue weighted by atomic mass is 10.00. The third kappa shape index (κ3) is 4.77. The summed E-state index contributed by atoms with van der Waals surface area (Å²) >= 11 is 12.4. The molecule has 40 heavy (non-hydrogen) atoms. The lowest BCUT2D eigenvalue weighted by Gasteiger charge is -2.23. The van der Waals surface area contributed by atoms with Gasteiger partial charge in [-0.15, -0.1) is 4.80 Å². The SMILES string of the molecule is CN1CCC(Oc2nc(-n3nccn3)c(Cl)cc2NC(=O)Nc2cnc3cc(Cl)nn3c2C2(C(F)(F)F)CC2)C1. The second kappa shape index (κ2) is 9.74. The number of fused-ring (bicyclic) bond motifs is 1. The van der Waals surface area contributed by atoms with E-state index in [2.05, 4.69) is 40.8 Å². The number of ether oxygens (including phenoxy) is 1. The van der Waals surface area contributed by atoms with Gasteiger partial charge in [-0.2, -0.15) is 33.5 Å². The Kier molecular flexibility index (Phi) is 6.46. The van der Waals surface area contributed by atoms with Crippen LogP contribution in [0.2, 0.25) is 10.2 Å². The van der Waals surface area contributed by atoms with Crippen molar-refractivity contribution >= 4 is 46.3 Å². The maximum atomic E-state index is 14.2. The van der Waals surface area contributed by atoms with Gasteiger partial charge >= 0.3 is 12.2 Å². The number of nitrogens with one attached hydrogen (secondary N) is 2. The van der Waals surface area contributed by atoms with Crippen LogP contribution < -0.4 is 15.4 Å². The molecule has 6 rings (SSSR count). The lowest BCUT2D eigenvalue weighted by Crippen LogP contribution is -2.33. The first-order chi connectivity index (χ1) is 19.0. The van der Waals surface area contributed by atoms with Crippen molar-refractivity contribution in [3.8, 4) is 11.7 Å². The van der Waals surface area contributed by atoms with Crippen molar-refractivity contribution in [2.24, 2.45) is 0 Å². The number of urea groups is 1. The van der Waals surface area contributed by atoms with Crippen molar-refractivity contribution in [1.29, 1.82) is 0 Å². The fourth-order valence-electron chi connectivity index (χ4n) is 4.77. The van der Waals surface area contributed by atoms with E-state index in [0.29, 0.717) is 6.54 Å². The van der Waals surface area contributed by atoms with E-state index in [1.807, 2.05) is 7.05 Å². The van der Waals surface area contributed by atoms with Crippen LogP contribution in [0.3, 0.4) is 0 Å². The van der Waals surface area contributed by atoms with Gasteiger partial charge in [-0.25, -0.2) is 14.3 Å². The highest BCUT2D eigenvalue weighted by atomic mass is 35.5. The predicted octanol–water partition coefficient (Wildman–Crippen LogP) is 4.33. The van der Waals surface area contributed by atoms with Crippen molar-refractivity contribution in [2.45, 2.75) is 37.0 Å². The Balaban J connectivity index is 1.33. The van der Waals surface area contributed by atoms with Gasteiger partial charge in [0, 0.05) is 19.2 Å². The normalized spacial score (nSPS) is 18.7. The first-order valence-corrected chi connectivity index (χ1v) is 12.9. The summed E-state index contributed by atoms with van der Waals surface area (Å²) in [5.41, 5.74) is -2.40. The predicted molar refractivity (Wildman–Crippen MR) is 138 cm³/mol. The number of pyridine rings is 1. The van der Waals surface area contributed by atoms with Crippen molar-refractivity contribution in [1.82, 2.24) is 39.5 Å². The molecule has 0 spiro atoms. The molecule has 5 heterocycles. The number of nitrogens with zero attached hydrogens (tertiary/aromatic N) is 8. The molecule has 1 saturated carbocycles. The molecule has 1 aliphatic heterocycles. The molecule has 1 unspecified atom stereocenters. The number of amides is 2. The molecule has 210 valence electrons. The Hall–Kier alpha value is -3.69. The van der Waals surface area contributed by atoms with E-state index in [4.69, 9.17) is 27.9 Å². The van der Waals surface area contributed by atoms with E-state index in [0.717, 1.165) is 23.7 Å². The van der Waals surface area contributed by atoms with E-state index in [1.165, 1.54) is 29.3 Å². The number of hydrogen-bond acceptors (Lipinski definition) is 8. The van der Waals surface area contributed by atoms with Crippen LogP contribution in [0.25, 0.3) is 11.5 Å². The molecule has 1 atom stereocenters. The number of carbonyl (C=O) groups excluding carboxylic acids is 1. The van der Waals surface area contributed by atoms with E-state index in [-0.39, 0.29) is 63.5 Å². The standard InChI is InChI=1S/C23H21Cl2F3N10O2/c1-36-7-2-12(11-36)40-20-14(8-13(24)19(34-20)38-30-5-6-31-38)32-21(39)33-15-10-29-17-9-16(25)35-37(17)18(15)22(3-4-22)23(26,27)28/h5-6,8-10,12H,2-4,7,11H2,1H3,(H2,32,33,39). The summed E-state index contributed by atoms with van der Waals surface area (Å²) in [6.07, 6.45) is -0.361. The van der Waals surface area contributed by atoms with Crippen LogP contribution in [-0.4, -0.2) is 77.9 Å². The summed E-state index contributed by atoms with van der Waals surface area (Å²) in [5.74, 6) is 0.223. The Morgan fingerprint density at radius 3 is 2.52 bits per heavy atom. The zero-order valence-corrected chi connectivity index (χ0v) is 22.3. The Labute approximate surface area is 234 Å². The Bertz CT molecular complexity index is 1590. The third-order valence-corrected chi connectivity index (χ3v) is 7.32. The fourth-order valence-corrected chi connectivity index (χ4v) is 5.17. The highest BCUT2D eigenvalue weighted by Gasteiger charge is 2.66. The minimum atomic E-state index is -4.59. The quantitative estimate of drug-likeness (QED) is 0.336. The number of likely N-dealkylation sites (N-methyl/N-ethyl adjacent to an activating group) is 1. The monoisotopic (exact) mass is 596 g/mol. The number of likely N-dealkylation sites (tertiary alicyclic amines) is 1. The highest BCUT2D eigenvalue weighted by molar-refractivity contribution is 6.32. The van der Waals surface area contributed by atoms with Crippen molar-refractivity contribution in [3.05, 3.63) is 46.6 Å². The molecular formula is C23H21Cl2F3N10O2. The molecule has 12 nitrogen and oxygen atoms in total. The van der Waals surface area contributed by atoms with Crippen molar-refractivity contribution < 1.29 is 22.7 Å². The second-order valence-electron chi connectivity index (χ2n) is 9.67. The van der Waals surface area contributed by atoms with Gasteiger partial charge in [0.15, 0.2) is 16.6 Å². The van der Waals surface area contributed by atoms with Crippen LogP contribution in [-0.2, 0) is 5.41 Å². The molecule has 4 aromatic heterocycles. The number of halogens is 5. The van der Waals surface area contributed by atoms with Crippen LogP contribution in [0.5, 0.6) is 5.88 Å². The van der Waals surface area contributed by atoms with Crippen molar-refractivity contribution in [2.75, 3.05) is 30.8 Å². The Morgan fingerprint density at radius 1 is 1.15 bits per heavy atom. The second-order valence-corrected chi connectivity index (χ2v) is 10.5. The van der Waals surface area contributed by atoms with E-state index >= 15 is 0 Å². The maximum Gasteiger partial charge on any atom is 0.400 e. The lowest BCUT2D eigenvalue weighted by molar-refractivity contribution is -0.161. The van der Waals surface area contributed by atoms with Gasteiger partial charge in [-0.05, 0) is 32.4 Å². The number of rotatable bonds is 6. The molecule has 0 bridgehead atoms. The van der Waals surface area contributed by atoms with Crippen LogP contribution in [0.4, 0.5) is 29.3 Å². The Morgan fingerprint density at radius 2 is 1.88 bits per heavy atom. The van der Waals surface area contributed by atoms with Gasteiger partial charge in [0.05, 0.1) is 35.0 Å². The first kappa shape index (κ1) is 26.5. The minimum absolute atomic E-state index is 0.0276. The molecule has 2 fully saturated rings. The minimum Gasteiger partial charge on any atom is -0.471 e. The van der Waals surface area contributed by atoms with Crippen molar-refractivity contribution in [3.63, 3.8) is 0 Å². The smallest absolute Gasteiger partial charge is 0.400 e. The number of hydrogen-bond donors (Lipinski definition) is 2. The molecule has 2 aliphatic rings. The molecule has 1 aliphatic carbocycles. The largest absolute Gasteiger partial charge is 0.471 e. The summed E-state index contributed by atoms with van der Waals surface area (Å²) < 4.78 is 49.7.